The molecule has 1 aliphatic rings. The van der Waals surface area contributed by atoms with Crippen LogP contribution in [0.5, 0.6) is 0 Å². The number of halogens is 1. The highest BCUT2D eigenvalue weighted by molar-refractivity contribution is 7.10. The Hall–Kier alpha value is -3.85. The van der Waals surface area contributed by atoms with Gasteiger partial charge in [-0.15, -0.1) is 11.3 Å². The van der Waals surface area contributed by atoms with Crippen molar-refractivity contribution in [3.8, 4) is 0 Å². The molecule has 1 aromatic heterocycles. The second kappa shape index (κ2) is 9.11. The Morgan fingerprint density at radius 2 is 1.59 bits per heavy atom. The van der Waals surface area contributed by atoms with Crippen molar-refractivity contribution in [2.24, 2.45) is 0 Å². The maximum absolute atomic E-state index is 13.3. The number of carbonyl (C=O) groups excluding carboxylic acids is 4. The second-order valence-electron chi connectivity index (χ2n) is 7.12. The van der Waals surface area contributed by atoms with Gasteiger partial charge in [-0.05, 0) is 34.7 Å². The largest absolute Gasteiger partial charge is 0.343 e. The molecule has 162 valence electrons. The lowest BCUT2D eigenvalue weighted by molar-refractivity contribution is -0.144. The van der Waals surface area contributed by atoms with Crippen molar-refractivity contribution in [1.82, 2.24) is 15.1 Å². The molecule has 4 rings (SSSR count). The number of benzene rings is 2. The molecule has 1 N–H and O–H groups in total. The monoisotopic (exact) mass is 451 g/mol. The van der Waals surface area contributed by atoms with Crippen LogP contribution in [0.3, 0.4) is 0 Å². The Morgan fingerprint density at radius 1 is 0.906 bits per heavy atom. The highest BCUT2D eigenvalue weighted by Crippen LogP contribution is 2.26. The summed E-state index contributed by atoms with van der Waals surface area (Å²) in [5.41, 5.74) is 1.32. The molecule has 1 atom stereocenters. The van der Waals surface area contributed by atoms with E-state index < -0.39 is 42.2 Å². The standard InChI is InChI=1S/C23H18FN3O4S/c24-17-10-8-16(9-11-17)20(18-7-4-12-32-18)25-19(28)14-27-22(30)21(29)26(23(27)31)13-15-5-2-1-3-6-15/h1-12,20H,13-14H2,(H,25,28)/t20-/m1/s1. The van der Waals surface area contributed by atoms with Gasteiger partial charge in [0.25, 0.3) is 0 Å². The van der Waals surface area contributed by atoms with Gasteiger partial charge in [-0.1, -0.05) is 48.5 Å². The lowest BCUT2D eigenvalue weighted by atomic mass is 10.1. The van der Waals surface area contributed by atoms with Crippen molar-refractivity contribution < 1.29 is 23.6 Å². The molecule has 0 saturated carbocycles. The van der Waals surface area contributed by atoms with Crippen molar-refractivity contribution in [3.63, 3.8) is 0 Å². The average molecular weight is 451 g/mol. The van der Waals surface area contributed by atoms with Gasteiger partial charge in [0.2, 0.25) is 5.91 Å². The number of hydrogen-bond acceptors (Lipinski definition) is 5. The van der Waals surface area contributed by atoms with Gasteiger partial charge in [-0.3, -0.25) is 19.3 Å². The van der Waals surface area contributed by atoms with Gasteiger partial charge in [0.05, 0.1) is 12.6 Å². The molecule has 5 amide bonds. The summed E-state index contributed by atoms with van der Waals surface area (Å²) in [5.74, 6) is -3.05. The first-order valence-electron chi connectivity index (χ1n) is 9.73. The van der Waals surface area contributed by atoms with Crippen LogP contribution in [0.4, 0.5) is 9.18 Å². The third-order valence-electron chi connectivity index (χ3n) is 4.96. The van der Waals surface area contributed by atoms with Crippen molar-refractivity contribution in [2.75, 3.05) is 6.54 Å². The first kappa shape index (κ1) is 21.4. The first-order valence-corrected chi connectivity index (χ1v) is 10.6. The molecule has 2 aromatic carbocycles. The normalized spacial score (nSPS) is 14.7. The molecular weight excluding hydrogens is 433 g/mol. The Kier molecular flexibility index (Phi) is 6.09. The van der Waals surface area contributed by atoms with Crippen molar-refractivity contribution in [1.29, 1.82) is 0 Å². The Bertz CT molecular complexity index is 1150. The van der Waals surface area contributed by atoms with Crippen molar-refractivity contribution >= 4 is 35.1 Å². The van der Waals surface area contributed by atoms with Crippen LogP contribution >= 0.6 is 11.3 Å². The fraction of sp³-hybridized carbons (Fsp3) is 0.130. The highest BCUT2D eigenvalue weighted by Gasteiger charge is 2.45. The molecule has 1 aliphatic heterocycles. The molecule has 32 heavy (non-hydrogen) atoms. The molecule has 0 aliphatic carbocycles. The molecule has 3 aromatic rings. The fourth-order valence-electron chi connectivity index (χ4n) is 3.37. The summed E-state index contributed by atoms with van der Waals surface area (Å²) in [6.07, 6.45) is 0. The smallest absolute Gasteiger partial charge is 0.335 e. The summed E-state index contributed by atoms with van der Waals surface area (Å²) in [5, 5.41) is 4.61. The van der Waals surface area contributed by atoms with Gasteiger partial charge >= 0.3 is 17.8 Å². The van der Waals surface area contributed by atoms with Crippen LogP contribution in [-0.2, 0) is 20.9 Å². The van der Waals surface area contributed by atoms with E-state index in [0.29, 0.717) is 16.0 Å². The Balaban J connectivity index is 1.48. The van der Waals surface area contributed by atoms with Crippen LogP contribution in [0.1, 0.15) is 22.0 Å². The zero-order valence-electron chi connectivity index (χ0n) is 16.7. The predicted octanol–water partition coefficient (Wildman–Crippen LogP) is 3.08. The molecule has 1 fully saturated rings. The third kappa shape index (κ3) is 4.42. The summed E-state index contributed by atoms with van der Waals surface area (Å²) in [7, 11) is 0. The number of amides is 5. The van der Waals surface area contributed by atoms with Crippen LogP contribution < -0.4 is 5.32 Å². The number of rotatable bonds is 7. The molecular formula is C23H18FN3O4S. The minimum Gasteiger partial charge on any atom is -0.343 e. The summed E-state index contributed by atoms with van der Waals surface area (Å²) in [4.78, 5) is 52.4. The lowest BCUT2D eigenvalue weighted by Crippen LogP contribution is -2.42. The van der Waals surface area contributed by atoms with Crippen LogP contribution in [0.25, 0.3) is 0 Å². The quantitative estimate of drug-likeness (QED) is 0.442. The minimum atomic E-state index is -1.05. The van der Waals surface area contributed by atoms with Gasteiger partial charge in [-0.2, -0.15) is 0 Å². The van der Waals surface area contributed by atoms with Gasteiger partial charge in [0.15, 0.2) is 0 Å². The van der Waals surface area contributed by atoms with E-state index in [0.717, 1.165) is 9.78 Å². The topological polar surface area (TPSA) is 86.8 Å². The summed E-state index contributed by atoms with van der Waals surface area (Å²) < 4.78 is 13.3. The number of thiophene rings is 1. The van der Waals surface area contributed by atoms with E-state index in [1.54, 1.807) is 42.5 Å². The van der Waals surface area contributed by atoms with E-state index in [1.165, 1.54) is 23.5 Å². The fourth-order valence-corrected chi connectivity index (χ4v) is 4.18. The molecule has 0 radical (unpaired) electrons. The van der Waals surface area contributed by atoms with Gasteiger partial charge < -0.3 is 5.32 Å². The highest BCUT2D eigenvalue weighted by atomic mass is 32.1. The lowest BCUT2D eigenvalue weighted by Gasteiger charge is -2.20. The number of nitrogens with zero attached hydrogens (tertiary/aromatic N) is 2. The third-order valence-corrected chi connectivity index (χ3v) is 5.89. The summed E-state index contributed by atoms with van der Waals surface area (Å²) in [6.45, 7) is -0.659. The van der Waals surface area contributed by atoms with Crippen molar-refractivity contribution in [3.05, 3.63) is 93.9 Å². The van der Waals surface area contributed by atoms with E-state index in [-0.39, 0.29) is 6.54 Å². The van der Waals surface area contributed by atoms with Crippen LogP contribution in [0.2, 0.25) is 0 Å². The SMILES string of the molecule is O=C(CN1C(=O)C(=O)N(Cc2ccccc2)C1=O)N[C@H](c1ccc(F)cc1)c1cccs1. The van der Waals surface area contributed by atoms with E-state index >= 15 is 0 Å². The molecule has 9 heteroatoms. The van der Waals surface area contributed by atoms with E-state index in [4.69, 9.17) is 0 Å². The van der Waals surface area contributed by atoms with E-state index in [9.17, 15) is 23.6 Å². The van der Waals surface area contributed by atoms with E-state index in [2.05, 4.69) is 5.32 Å². The van der Waals surface area contributed by atoms with E-state index in [1.807, 2.05) is 17.5 Å². The minimum absolute atomic E-state index is 0.0598. The van der Waals surface area contributed by atoms with Crippen molar-refractivity contribution in [2.45, 2.75) is 12.6 Å². The molecule has 0 unspecified atom stereocenters. The zero-order valence-corrected chi connectivity index (χ0v) is 17.5. The number of urea groups is 1. The second-order valence-corrected chi connectivity index (χ2v) is 8.10. The Morgan fingerprint density at radius 3 is 2.25 bits per heavy atom. The average Bonchev–Trinajstić information content (AvgIpc) is 3.39. The number of nitrogens with one attached hydrogen (secondary N) is 1. The summed E-state index contributed by atoms with van der Waals surface area (Å²) in [6, 6.07) is 16.7. The number of hydrogen-bond donors (Lipinski definition) is 1. The predicted molar refractivity (Wildman–Crippen MR) is 115 cm³/mol. The zero-order chi connectivity index (χ0) is 22.7. The Labute approximate surface area is 187 Å². The van der Waals surface area contributed by atoms with Gasteiger partial charge in [0.1, 0.15) is 12.4 Å². The molecule has 0 bridgehead atoms. The maximum Gasteiger partial charge on any atom is 0.335 e. The summed E-state index contributed by atoms with van der Waals surface area (Å²) >= 11 is 1.40. The molecule has 2 heterocycles. The van der Waals surface area contributed by atoms with Crippen LogP contribution in [0, 0.1) is 5.82 Å². The molecule has 0 spiro atoms. The number of imide groups is 2. The van der Waals surface area contributed by atoms with Crippen LogP contribution in [0.15, 0.2) is 72.1 Å². The number of carbonyl (C=O) groups is 4. The van der Waals surface area contributed by atoms with Gasteiger partial charge in [0, 0.05) is 4.88 Å². The molecule has 1 saturated heterocycles. The van der Waals surface area contributed by atoms with Crippen LogP contribution in [-0.4, -0.2) is 40.1 Å². The first-order chi connectivity index (χ1) is 15.4. The van der Waals surface area contributed by atoms with Gasteiger partial charge in [-0.25, -0.2) is 14.1 Å². The molecule has 7 nitrogen and oxygen atoms in total. The maximum atomic E-state index is 13.3.